The van der Waals surface area contributed by atoms with E-state index in [2.05, 4.69) is 30.3 Å². The van der Waals surface area contributed by atoms with Gasteiger partial charge in [-0.05, 0) is 39.4 Å². The molecule has 31 heteroatoms. The highest BCUT2D eigenvalue weighted by Gasteiger charge is 2.62. The van der Waals surface area contributed by atoms with E-state index in [1.54, 1.807) is 0 Å². The van der Waals surface area contributed by atoms with Crippen LogP contribution in [-0.4, -0.2) is 228 Å². The highest BCUT2D eigenvalue weighted by molar-refractivity contribution is 6.76. The van der Waals surface area contributed by atoms with E-state index in [1.807, 2.05) is 182 Å². The van der Waals surface area contributed by atoms with E-state index in [0.717, 1.165) is 70.0 Å². The average molecular weight is 1660 g/mol. The van der Waals surface area contributed by atoms with E-state index in [4.69, 9.17) is 90.0 Å². The summed E-state index contributed by atoms with van der Waals surface area (Å²) in [5.74, 6) is -9.51. The van der Waals surface area contributed by atoms with Gasteiger partial charge in [0.1, 0.15) is 92.0 Å². The zero-order valence-corrected chi connectivity index (χ0v) is 69.1. The Morgan fingerprint density at radius 1 is 0.458 bits per heavy atom. The fraction of sp³-hybridized carbons (Fsp3) is 0.506. The van der Waals surface area contributed by atoms with Crippen LogP contribution in [0.15, 0.2) is 182 Å². The van der Waals surface area contributed by atoms with Gasteiger partial charge < -0.3 is 111 Å². The van der Waals surface area contributed by atoms with Crippen LogP contribution in [0.4, 0.5) is 0 Å². The highest BCUT2D eigenvalue weighted by atomic mass is 28.3. The van der Waals surface area contributed by atoms with Gasteiger partial charge in [0.2, 0.25) is 11.8 Å². The molecule has 10 rings (SSSR count). The van der Waals surface area contributed by atoms with Crippen molar-refractivity contribution in [2.45, 2.75) is 242 Å². The Hall–Kier alpha value is -8.81. The maximum Gasteiger partial charge on any atom is 0.366 e. The normalized spacial score (nSPS) is 27.6. The van der Waals surface area contributed by atoms with Crippen molar-refractivity contribution < 1.29 is 134 Å². The number of nitrogens with one attached hydrogen (secondary N) is 2. The van der Waals surface area contributed by atoms with E-state index in [1.165, 1.54) is 6.92 Å². The molecule has 4 aliphatic rings. The number of hydrogen-bond acceptors (Lipinski definition) is 28. The monoisotopic (exact) mass is 1660 g/mol. The van der Waals surface area contributed by atoms with Gasteiger partial charge in [-0.15, -0.1) is 0 Å². The summed E-state index contributed by atoms with van der Waals surface area (Å²) in [6.45, 7) is 11.4. The molecule has 2 amide bonds. The Labute approximate surface area is 688 Å². The van der Waals surface area contributed by atoms with E-state index in [-0.39, 0.29) is 52.9 Å². The lowest BCUT2D eigenvalue weighted by Gasteiger charge is -2.52. The van der Waals surface area contributed by atoms with Crippen LogP contribution in [0.1, 0.15) is 81.3 Å². The van der Waals surface area contributed by atoms with Crippen molar-refractivity contribution in [1.29, 1.82) is 0 Å². The van der Waals surface area contributed by atoms with Crippen molar-refractivity contribution in [1.82, 2.24) is 10.6 Å². The lowest BCUT2D eigenvalue weighted by atomic mass is 9.87. The molecule has 6 aromatic rings. The summed E-state index contributed by atoms with van der Waals surface area (Å²) >= 11 is 0. The van der Waals surface area contributed by atoms with Crippen molar-refractivity contribution >= 4 is 49.7 Å². The number of rotatable bonds is 41. The molecule has 4 fully saturated rings. The molecule has 0 bridgehead atoms. The van der Waals surface area contributed by atoms with Crippen LogP contribution >= 0.6 is 0 Å². The number of ether oxygens (including phenoxy) is 19. The van der Waals surface area contributed by atoms with Crippen molar-refractivity contribution in [2.24, 2.45) is 0 Å². The quantitative estimate of drug-likeness (QED) is 0.0161. The zero-order valence-electron chi connectivity index (χ0n) is 68.1. The Morgan fingerprint density at radius 3 is 1.33 bits per heavy atom. The van der Waals surface area contributed by atoms with Gasteiger partial charge in [0, 0.05) is 56.2 Å². The van der Waals surface area contributed by atoms with Crippen LogP contribution < -0.4 is 10.6 Å². The van der Waals surface area contributed by atoms with Crippen LogP contribution in [0.3, 0.4) is 0 Å². The van der Waals surface area contributed by atoms with Gasteiger partial charge in [0.15, 0.2) is 31.1 Å². The summed E-state index contributed by atoms with van der Waals surface area (Å²) < 4.78 is 127. The first-order valence-corrected chi connectivity index (χ1v) is 43.1. The van der Waals surface area contributed by atoms with Gasteiger partial charge in [-0.3, -0.25) is 28.8 Å². The Balaban J connectivity index is 1.12. The van der Waals surface area contributed by atoms with Crippen LogP contribution in [-0.2, 0) is 163 Å². The van der Waals surface area contributed by atoms with Crippen molar-refractivity contribution in [2.75, 3.05) is 40.1 Å². The van der Waals surface area contributed by atoms with Crippen LogP contribution in [0.25, 0.3) is 0 Å². The van der Waals surface area contributed by atoms with Crippen LogP contribution in [0.5, 0.6) is 0 Å². The van der Waals surface area contributed by atoms with Crippen molar-refractivity contribution in [3.8, 4) is 0 Å². The number of carbonyl (C=O) groups excluding carboxylic acids is 7. The maximum absolute atomic E-state index is 14.9. The lowest BCUT2D eigenvalue weighted by molar-refractivity contribution is -0.390. The molecule has 30 nitrogen and oxygen atoms in total. The van der Waals surface area contributed by atoms with Gasteiger partial charge in [0.25, 0.3) is 5.79 Å². The van der Waals surface area contributed by atoms with Crippen molar-refractivity contribution in [3.05, 3.63) is 215 Å². The molecular weight excluding hydrogens is 1550 g/mol. The molecule has 21 atom stereocenters. The molecule has 0 unspecified atom stereocenters. The first-order chi connectivity index (χ1) is 56.7. The molecule has 0 radical (unpaired) electrons. The molecule has 6 aromatic carbocycles. The molecule has 4 N–H and O–H groups in total. The SMILES string of the molecule is COC(=O)[C@@]1(OC[C@H]2O[C@@H](O[C@H]3[C@@H](OCc4ccccc4)[C@@H](COCc4ccccc4)O[C@@H](O[C@H]4[C@H](OCc5ccccc5)[C@@H](OCc5ccccc5)[C@H](OCC[Si](C)(C)C)O[C@@H]4COCc4ccccc4)[C@@H]3OCc3ccccc3)[C@H](NC(C)=O)[C@@H](O)[C@@H]2O)C[C@H](OC(C)=O)[C@@H](NC(C)=O)[C@H]([C@H](OC(C)=O)[C@@H](COC(C)=O)OC(C)=O)O1. The predicted molar refractivity (Wildman–Crippen MR) is 423 cm³/mol. The molecule has 640 valence electrons. The number of hydrogen-bond donors (Lipinski definition) is 4. The largest absolute Gasteiger partial charge is 0.465 e. The predicted octanol–water partition coefficient (Wildman–Crippen LogP) is 7.83. The van der Waals surface area contributed by atoms with Crippen molar-refractivity contribution in [3.63, 3.8) is 0 Å². The minimum atomic E-state index is -2.86. The number of benzene rings is 6. The zero-order chi connectivity index (χ0) is 84.3. The summed E-state index contributed by atoms with van der Waals surface area (Å²) in [5, 5.41) is 30.6. The fourth-order valence-corrected chi connectivity index (χ4v) is 15.0. The number of carbonyl (C=O) groups is 7. The second kappa shape index (κ2) is 45.0. The first-order valence-electron chi connectivity index (χ1n) is 39.4. The maximum atomic E-state index is 14.9. The third kappa shape index (κ3) is 27.1. The summed E-state index contributed by atoms with van der Waals surface area (Å²) in [4.78, 5) is 93.5. The molecule has 118 heavy (non-hydrogen) atoms. The molecule has 4 heterocycles. The lowest BCUT2D eigenvalue weighted by Crippen LogP contribution is -2.70. The second-order valence-corrected chi connectivity index (χ2v) is 36.1. The first kappa shape index (κ1) is 91.5. The van der Waals surface area contributed by atoms with Gasteiger partial charge >= 0.3 is 29.8 Å². The summed E-state index contributed by atoms with van der Waals surface area (Å²) in [5.41, 5.74) is 4.73. The highest BCUT2D eigenvalue weighted by Crippen LogP contribution is 2.42. The Kier molecular flexibility index (Phi) is 34.9. The molecule has 4 saturated heterocycles. The van der Waals surface area contributed by atoms with E-state index < -0.39 is 198 Å². The second-order valence-electron chi connectivity index (χ2n) is 30.5. The molecule has 4 aliphatic heterocycles. The Morgan fingerprint density at radius 2 is 0.881 bits per heavy atom. The minimum Gasteiger partial charge on any atom is -0.465 e. The molecule has 0 aliphatic carbocycles. The van der Waals surface area contributed by atoms with Crippen LogP contribution in [0, 0.1) is 0 Å². The number of esters is 5. The van der Waals surface area contributed by atoms with E-state index >= 15 is 0 Å². The number of aliphatic hydroxyl groups is 2. The van der Waals surface area contributed by atoms with Gasteiger partial charge in [-0.2, -0.15) is 0 Å². The smallest absolute Gasteiger partial charge is 0.366 e. The molecule has 0 aromatic heterocycles. The van der Waals surface area contributed by atoms with E-state index in [0.29, 0.717) is 17.7 Å². The number of aliphatic hydroxyl groups excluding tert-OH is 2. The van der Waals surface area contributed by atoms with Gasteiger partial charge in [-0.25, -0.2) is 4.79 Å². The minimum absolute atomic E-state index is 0.0375. The van der Waals surface area contributed by atoms with Crippen LogP contribution in [0.2, 0.25) is 25.7 Å². The van der Waals surface area contributed by atoms with Gasteiger partial charge in [-0.1, -0.05) is 202 Å². The number of methoxy groups -OCH3 is 1. The number of amides is 2. The van der Waals surface area contributed by atoms with Gasteiger partial charge in [0.05, 0.1) is 79.0 Å². The fourth-order valence-electron chi connectivity index (χ4n) is 14.3. The summed E-state index contributed by atoms with van der Waals surface area (Å²) in [6.07, 6.45) is -28.7. The Bertz CT molecular complexity index is 4090. The molecule has 0 spiro atoms. The standard InChI is InChI=1S/C87H110N2O28Si/c1-54(90)88-71-66(109-57(4)93)43-87(86(98)99-7,117-78(71)76(111-59(6)95)70(110-58(5)94)52-103-56(3)92)108-53-67-73(96)74(97)72(89-55(2)91)83(112-67)116-80-75(104-46-62-33-21-13-22-34-62)68(50-100-44-60-29-17-11-18-30-60)114-85(82(80)107-49-65-39-27-16-28-40-65)115-77-69(51-101-45-61-31-19-12-20-32-61)113-84(102-41-42-118(8,9)10)81(106-48-64-37-25-15-26-38-64)79(77)105-47-63-35-23-14-24-36-63/h11-40,66-85,96-97H,41-53H2,1-10H3,(H,88,90)(H,89,91)/t66-,67+,68+,69+,70+,71+,72+,73+,74+,75-,76+,77+,78+,79-,80-,81+,82+,83-,84+,85-,87+/m0/s1. The third-order valence-electron chi connectivity index (χ3n) is 19.9. The topological polar surface area (TPSA) is 359 Å². The molecular formula is C87H110N2O28Si. The summed E-state index contributed by atoms with van der Waals surface area (Å²) in [6, 6.07) is 54.2. The average Bonchev–Trinajstić information content (AvgIpc) is 0.757. The van der Waals surface area contributed by atoms with E-state index in [9.17, 15) is 43.8 Å². The molecule has 0 saturated carbocycles. The third-order valence-corrected chi connectivity index (χ3v) is 21.6. The summed E-state index contributed by atoms with van der Waals surface area (Å²) in [7, 11) is -0.782.